The summed E-state index contributed by atoms with van der Waals surface area (Å²) in [6, 6.07) is 8.94. The number of carboxylic acid groups (broad SMARTS) is 1. The van der Waals surface area contributed by atoms with Crippen LogP contribution in [0.5, 0.6) is 0 Å². The summed E-state index contributed by atoms with van der Waals surface area (Å²) in [6.45, 7) is 2.28. The molecule has 3 aliphatic rings. The third kappa shape index (κ3) is 5.38. The molecule has 1 aliphatic heterocycles. The first-order valence-electron chi connectivity index (χ1n) is 12.6. The van der Waals surface area contributed by atoms with Gasteiger partial charge in [0, 0.05) is 37.9 Å². The molecule has 0 radical (unpaired) electrons. The molecule has 3 fully saturated rings. The Kier molecular flexibility index (Phi) is 8.12. The number of rotatable bonds is 5. The molecule has 35 heavy (non-hydrogen) atoms. The number of nitrogens with one attached hydrogen (secondary N) is 1. The molecule has 2 saturated carbocycles. The Bertz CT molecular complexity index is 885. The summed E-state index contributed by atoms with van der Waals surface area (Å²) in [5.74, 6) is -3.12. The Morgan fingerprint density at radius 1 is 0.914 bits per heavy atom. The van der Waals surface area contributed by atoms with Gasteiger partial charge in [-0.05, 0) is 37.8 Å². The lowest BCUT2D eigenvalue weighted by Crippen LogP contribution is -2.62. The van der Waals surface area contributed by atoms with Crippen molar-refractivity contribution in [1.82, 2.24) is 15.3 Å². The number of aliphatic hydroxyl groups is 1. The Balaban J connectivity index is 1.47. The molecule has 10 heteroatoms. The SMILES string of the molecule is O=C(NO)[C@@H]1[C@@H](O)[C@H](N(C(=O)O)C2CCCCC2)CC[C@@H]1C(=O)N1CCN(c2ccccc2)CC1. The van der Waals surface area contributed by atoms with Gasteiger partial charge in [0.25, 0.3) is 0 Å². The van der Waals surface area contributed by atoms with Crippen LogP contribution in [0, 0.1) is 11.8 Å². The summed E-state index contributed by atoms with van der Waals surface area (Å²) < 4.78 is 0. The zero-order valence-corrected chi connectivity index (χ0v) is 20.0. The number of hydrogen-bond acceptors (Lipinski definition) is 6. The van der Waals surface area contributed by atoms with Crippen molar-refractivity contribution in [2.75, 3.05) is 31.1 Å². The predicted octanol–water partition coefficient (Wildman–Crippen LogP) is 1.91. The molecule has 10 nitrogen and oxygen atoms in total. The van der Waals surface area contributed by atoms with Crippen molar-refractivity contribution in [3.05, 3.63) is 30.3 Å². The summed E-state index contributed by atoms with van der Waals surface area (Å²) in [7, 11) is 0. The Hall–Kier alpha value is -2.85. The number of anilines is 1. The van der Waals surface area contributed by atoms with E-state index >= 15 is 0 Å². The molecule has 2 aliphatic carbocycles. The van der Waals surface area contributed by atoms with Crippen molar-refractivity contribution in [2.45, 2.75) is 63.1 Å². The van der Waals surface area contributed by atoms with Crippen LogP contribution in [0.4, 0.5) is 10.5 Å². The summed E-state index contributed by atoms with van der Waals surface area (Å²) in [5.41, 5.74) is 2.69. The highest BCUT2D eigenvalue weighted by Gasteiger charge is 2.50. The number of hydrogen-bond donors (Lipinski definition) is 4. The van der Waals surface area contributed by atoms with Gasteiger partial charge in [-0.2, -0.15) is 0 Å². The van der Waals surface area contributed by atoms with Crippen molar-refractivity contribution in [1.29, 1.82) is 0 Å². The number of nitrogens with zero attached hydrogens (tertiary/aromatic N) is 3. The van der Waals surface area contributed by atoms with E-state index in [0.29, 0.717) is 32.6 Å². The largest absolute Gasteiger partial charge is 0.465 e. The maximum Gasteiger partial charge on any atom is 0.407 e. The summed E-state index contributed by atoms with van der Waals surface area (Å²) in [6.07, 6.45) is 2.41. The molecule has 0 bridgehead atoms. The van der Waals surface area contributed by atoms with Gasteiger partial charge in [0.15, 0.2) is 0 Å². The molecular formula is C25H36N4O6. The fraction of sp³-hybridized carbons (Fsp3) is 0.640. The van der Waals surface area contributed by atoms with Crippen LogP contribution in [0.25, 0.3) is 0 Å². The van der Waals surface area contributed by atoms with E-state index in [-0.39, 0.29) is 18.4 Å². The standard InChI is InChI=1S/C25H36N4O6/c30-22-20(29(25(33)34)18-9-5-2-6-10-18)12-11-19(21(22)23(31)26-35)24(32)28-15-13-27(14-16-28)17-7-3-1-4-8-17/h1,3-4,7-8,18-22,30,35H,2,5-6,9-16H2,(H,26,31)(H,33,34)/t19-,20+,21-,22-/m0/s1. The zero-order valence-electron chi connectivity index (χ0n) is 20.0. The first-order valence-corrected chi connectivity index (χ1v) is 12.6. The van der Waals surface area contributed by atoms with E-state index in [0.717, 1.165) is 37.8 Å². The van der Waals surface area contributed by atoms with E-state index < -0.39 is 36.0 Å². The first kappa shape index (κ1) is 25.2. The van der Waals surface area contributed by atoms with Gasteiger partial charge in [-0.15, -0.1) is 0 Å². The van der Waals surface area contributed by atoms with Gasteiger partial charge in [-0.1, -0.05) is 37.5 Å². The average Bonchev–Trinajstić information content (AvgIpc) is 2.90. The second-order valence-electron chi connectivity index (χ2n) is 9.87. The molecular weight excluding hydrogens is 452 g/mol. The molecule has 1 aromatic carbocycles. The summed E-state index contributed by atoms with van der Waals surface area (Å²) in [4.78, 5) is 43.6. The van der Waals surface area contributed by atoms with Crippen LogP contribution in [0.1, 0.15) is 44.9 Å². The third-order valence-corrected chi connectivity index (χ3v) is 7.96. The Morgan fingerprint density at radius 3 is 2.17 bits per heavy atom. The van der Waals surface area contributed by atoms with Gasteiger partial charge in [0.2, 0.25) is 11.8 Å². The molecule has 4 N–H and O–H groups in total. The molecule has 192 valence electrons. The number of para-hydroxylation sites is 1. The predicted molar refractivity (Wildman–Crippen MR) is 128 cm³/mol. The van der Waals surface area contributed by atoms with Crippen LogP contribution in [0.3, 0.4) is 0 Å². The normalized spacial score (nSPS) is 27.8. The number of amides is 3. The maximum absolute atomic E-state index is 13.5. The fourth-order valence-electron chi connectivity index (χ4n) is 6.16. The highest BCUT2D eigenvalue weighted by molar-refractivity contribution is 5.88. The van der Waals surface area contributed by atoms with Crippen molar-refractivity contribution in [3.63, 3.8) is 0 Å². The minimum absolute atomic E-state index is 0.211. The minimum Gasteiger partial charge on any atom is -0.465 e. The van der Waals surface area contributed by atoms with Gasteiger partial charge < -0.3 is 20.0 Å². The lowest BCUT2D eigenvalue weighted by Gasteiger charge is -2.47. The number of carbonyl (C=O) groups is 3. The number of hydroxylamine groups is 1. The van der Waals surface area contributed by atoms with Crippen LogP contribution in [-0.2, 0) is 9.59 Å². The first-order chi connectivity index (χ1) is 16.9. The third-order valence-electron chi connectivity index (χ3n) is 7.96. The van der Waals surface area contributed by atoms with Gasteiger partial charge in [0.1, 0.15) is 0 Å². The summed E-state index contributed by atoms with van der Waals surface area (Å²) >= 11 is 0. The fourth-order valence-corrected chi connectivity index (χ4v) is 6.16. The van der Waals surface area contributed by atoms with Gasteiger partial charge in [-0.3, -0.25) is 19.7 Å². The molecule has 4 rings (SSSR count). The van der Waals surface area contributed by atoms with E-state index in [9.17, 15) is 29.8 Å². The van der Waals surface area contributed by atoms with Crippen LogP contribution in [-0.4, -0.2) is 87.5 Å². The molecule has 1 heterocycles. The molecule has 0 unspecified atom stereocenters. The van der Waals surface area contributed by atoms with E-state index in [1.807, 2.05) is 30.3 Å². The van der Waals surface area contributed by atoms with Gasteiger partial charge >= 0.3 is 6.09 Å². The lowest BCUT2D eigenvalue weighted by molar-refractivity contribution is -0.157. The maximum atomic E-state index is 13.5. The van der Waals surface area contributed by atoms with Crippen LogP contribution in [0.2, 0.25) is 0 Å². The molecule has 4 atom stereocenters. The zero-order chi connectivity index (χ0) is 24.9. The lowest BCUT2D eigenvalue weighted by atomic mass is 9.72. The molecule has 1 aromatic rings. The topological polar surface area (TPSA) is 134 Å². The molecule has 0 aromatic heterocycles. The monoisotopic (exact) mass is 488 g/mol. The van der Waals surface area contributed by atoms with Crippen molar-refractivity contribution >= 4 is 23.6 Å². The molecule has 0 spiro atoms. The van der Waals surface area contributed by atoms with Gasteiger partial charge in [0.05, 0.1) is 24.0 Å². The quantitative estimate of drug-likeness (QED) is 0.367. The van der Waals surface area contributed by atoms with Crippen LogP contribution < -0.4 is 10.4 Å². The Morgan fingerprint density at radius 2 is 1.57 bits per heavy atom. The number of benzene rings is 1. The average molecular weight is 489 g/mol. The van der Waals surface area contributed by atoms with Crippen LogP contribution in [0.15, 0.2) is 30.3 Å². The second kappa shape index (κ2) is 11.3. The number of carbonyl (C=O) groups excluding carboxylic acids is 2. The van der Waals surface area contributed by atoms with Crippen LogP contribution >= 0.6 is 0 Å². The Labute approximate surface area is 205 Å². The van der Waals surface area contributed by atoms with Gasteiger partial charge in [-0.25, -0.2) is 10.3 Å². The van der Waals surface area contributed by atoms with Crippen molar-refractivity contribution in [3.8, 4) is 0 Å². The molecule has 1 saturated heterocycles. The van der Waals surface area contributed by atoms with E-state index in [2.05, 4.69) is 4.90 Å². The van der Waals surface area contributed by atoms with E-state index in [4.69, 9.17) is 0 Å². The second-order valence-corrected chi connectivity index (χ2v) is 9.87. The molecule has 3 amide bonds. The summed E-state index contributed by atoms with van der Waals surface area (Å²) in [5, 5.41) is 30.6. The smallest absolute Gasteiger partial charge is 0.407 e. The minimum atomic E-state index is -1.38. The highest BCUT2D eigenvalue weighted by Crippen LogP contribution is 2.37. The van der Waals surface area contributed by atoms with Crippen molar-refractivity contribution in [2.24, 2.45) is 11.8 Å². The van der Waals surface area contributed by atoms with E-state index in [1.54, 1.807) is 10.4 Å². The van der Waals surface area contributed by atoms with Crippen molar-refractivity contribution < 1.29 is 29.8 Å². The van der Waals surface area contributed by atoms with E-state index in [1.165, 1.54) is 4.90 Å². The number of aliphatic hydroxyl groups excluding tert-OH is 1. The highest BCUT2D eigenvalue weighted by atomic mass is 16.5. The number of piperazine rings is 1.